The quantitative estimate of drug-likeness (QED) is 0.747. The summed E-state index contributed by atoms with van der Waals surface area (Å²) >= 11 is 0. The highest BCUT2D eigenvalue weighted by atomic mass is 19.1. The van der Waals surface area contributed by atoms with Gasteiger partial charge in [0.15, 0.2) is 11.6 Å². The van der Waals surface area contributed by atoms with Gasteiger partial charge in [-0.05, 0) is 67.4 Å². The molecule has 2 aromatic heterocycles. The van der Waals surface area contributed by atoms with Crippen molar-refractivity contribution in [1.82, 2.24) is 30.5 Å². The van der Waals surface area contributed by atoms with Crippen molar-refractivity contribution in [3.8, 4) is 5.82 Å². The van der Waals surface area contributed by atoms with Gasteiger partial charge in [0.25, 0.3) is 0 Å². The third-order valence-corrected chi connectivity index (χ3v) is 3.91. The van der Waals surface area contributed by atoms with Crippen molar-refractivity contribution in [1.29, 1.82) is 0 Å². The summed E-state index contributed by atoms with van der Waals surface area (Å²) < 4.78 is 14.7. The van der Waals surface area contributed by atoms with Gasteiger partial charge in [-0.1, -0.05) is 18.2 Å². The fourth-order valence-corrected chi connectivity index (χ4v) is 2.63. The molecule has 0 atom stereocenters. The maximum absolute atomic E-state index is 13.0. The van der Waals surface area contributed by atoms with E-state index in [4.69, 9.17) is 0 Å². The Hall–Kier alpha value is -2.67. The molecule has 1 N–H and O–H groups in total. The summed E-state index contributed by atoms with van der Waals surface area (Å²) in [5, 5.41) is 15.4. The molecule has 3 rings (SSSR count). The van der Waals surface area contributed by atoms with E-state index in [1.807, 2.05) is 25.1 Å². The Morgan fingerprint density at radius 3 is 2.60 bits per heavy atom. The highest BCUT2D eigenvalue weighted by molar-refractivity contribution is 5.24. The zero-order valence-electron chi connectivity index (χ0n) is 14.6. The second kappa shape index (κ2) is 7.06. The number of tetrazole rings is 1. The third-order valence-electron chi connectivity index (χ3n) is 3.91. The molecule has 130 valence electrons. The lowest BCUT2D eigenvalue weighted by molar-refractivity contribution is 0.376. The topological polar surface area (TPSA) is 68.5 Å². The first-order chi connectivity index (χ1) is 11.9. The highest BCUT2D eigenvalue weighted by Crippen LogP contribution is 2.14. The van der Waals surface area contributed by atoms with Crippen LogP contribution in [0, 0.1) is 12.7 Å². The molecule has 0 spiro atoms. The average molecular weight is 340 g/mol. The average Bonchev–Trinajstić information content (AvgIpc) is 3.04. The Balaban J connectivity index is 1.69. The van der Waals surface area contributed by atoms with Crippen LogP contribution in [-0.2, 0) is 13.0 Å². The second-order valence-corrected chi connectivity index (χ2v) is 6.68. The normalized spacial score (nSPS) is 11.7. The molecule has 3 aromatic rings. The van der Waals surface area contributed by atoms with E-state index in [2.05, 4.69) is 39.7 Å². The number of hydrogen-bond donors (Lipinski definition) is 1. The summed E-state index contributed by atoms with van der Waals surface area (Å²) in [6, 6.07) is 12.3. The monoisotopic (exact) mass is 340 g/mol. The minimum atomic E-state index is -0.223. The number of halogens is 1. The SMILES string of the molecule is Cc1cccc(-n2nnnc2CNC(C)(C)Cc2ccc(F)cc2)n1. The van der Waals surface area contributed by atoms with Crippen LogP contribution in [0.2, 0.25) is 0 Å². The zero-order valence-corrected chi connectivity index (χ0v) is 14.6. The molecular weight excluding hydrogens is 319 g/mol. The first-order valence-electron chi connectivity index (χ1n) is 8.14. The van der Waals surface area contributed by atoms with Crippen molar-refractivity contribution in [2.75, 3.05) is 0 Å². The maximum atomic E-state index is 13.0. The van der Waals surface area contributed by atoms with Gasteiger partial charge in [-0.3, -0.25) is 0 Å². The third kappa shape index (κ3) is 4.45. The molecule has 0 radical (unpaired) electrons. The molecule has 0 saturated heterocycles. The second-order valence-electron chi connectivity index (χ2n) is 6.68. The van der Waals surface area contributed by atoms with Crippen LogP contribution in [0.1, 0.15) is 30.9 Å². The molecule has 0 unspecified atom stereocenters. The van der Waals surface area contributed by atoms with Crippen LogP contribution in [0.15, 0.2) is 42.5 Å². The predicted octanol–water partition coefficient (Wildman–Crippen LogP) is 2.62. The standard InChI is InChI=1S/C18H21FN6/c1-13-5-4-6-16(21-13)25-17(22-23-24-25)12-20-18(2,3)11-14-7-9-15(19)10-8-14/h4-10,20H,11-12H2,1-3H3. The molecule has 0 aliphatic rings. The van der Waals surface area contributed by atoms with Crippen molar-refractivity contribution >= 4 is 0 Å². The molecule has 1 aromatic carbocycles. The van der Waals surface area contributed by atoms with E-state index in [0.717, 1.165) is 17.7 Å². The Kier molecular flexibility index (Phi) is 4.85. The van der Waals surface area contributed by atoms with Gasteiger partial charge in [-0.25, -0.2) is 9.37 Å². The lowest BCUT2D eigenvalue weighted by Gasteiger charge is -2.26. The Bertz CT molecular complexity index is 841. The van der Waals surface area contributed by atoms with Gasteiger partial charge in [-0.2, -0.15) is 4.68 Å². The lowest BCUT2D eigenvalue weighted by Crippen LogP contribution is -2.41. The number of nitrogens with one attached hydrogen (secondary N) is 1. The highest BCUT2D eigenvalue weighted by Gasteiger charge is 2.20. The maximum Gasteiger partial charge on any atom is 0.172 e. The molecule has 0 aliphatic carbocycles. The van der Waals surface area contributed by atoms with Crippen molar-refractivity contribution < 1.29 is 4.39 Å². The number of aromatic nitrogens is 5. The van der Waals surface area contributed by atoms with E-state index in [1.165, 1.54) is 12.1 Å². The van der Waals surface area contributed by atoms with E-state index in [0.29, 0.717) is 18.2 Å². The molecule has 0 fully saturated rings. The lowest BCUT2D eigenvalue weighted by atomic mass is 9.95. The van der Waals surface area contributed by atoms with Crippen LogP contribution >= 0.6 is 0 Å². The van der Waals surface area contributed by atoms with Crippen molar-refractivity contribution in [3.05, 3.63) is 65.4 Å². The summed E-state index contributed by atoms with van der Waals surface area (Å²) in [7, 11) is 0. The van der Waals surface area contributed by atoms with Crippen LogP contribution in [0.25, 0.3) is 5.82 Å². The van der Waals surface area contributed by atoms with Gasteiger partial charge in [0.2, 0.25) is 0 Å². The van der Waals surface area contributed by atoms with Crippen LogP contribution < -0.4 is 5.32 Å². The molecule has 2 heterocycles. The number of hydrogen-bond acceptors (Lipinski definition) is 5. The number of pyridine rings is 1. The minimum absolute atomic E-state index is 0.200. The van der Waals surface area contributed by atoms with Crippen LogP contribution in [0.4, 0.5) is 4.39 Å². The van der Waals surface area contributed by atoms with E-state index in [1.54, 1.807) is 16.8 Å². The first kappa shape index (κ1) is 17.2. The number of nitrogens with zero attached hydrogens (tertiary/aromatic N) is 5. The number of benzene rings is 1. The van der Waals surface area contributed by atoms with E-state index in [-0.39, 0.29) is 11.4 Å². The molecule has 25 heavy (non-hydrogen) atoms. The van der Waals surface area contributed by atoms with E-state index < -0.39 is 0 Å². The smallest absolute Gasteiger partial charge is 0.172 e. The molecular formula is C18H21FN6. The van der Waals surface area contributed by atoms with Gasteiger partial charge < -0.3 is 5.32 Å². The number of aryl methyl sites for hydroxylation is 1. The largest absolute Gasteiger partial charge is 0.304 e. The van der Waals surface area contributed by atoms with Crippen LogP contribution in [0.3, 0.4) is 0 Å². The zero-order chi connectivity index (χ0) is 17.9. The molecule has 6 nitrogen and oxygen atoms in total. The summed E-state index contributed by atoms with van der Waals surface area (Å²) in [4.78, 5) is 4.45. The van der Waals surface area contributed by atoms with Crippen molar-refractivity contribution in [2.45, 2.75) is 39.3 Å². The van der Waals surface area contributed by atoms with Crippen LogP contribution in [0.5, 0.6) is 0 Å². The fourth-order valence-electron chi connectivity index (χ4n) is 2.63. The molecule has 0 bridgehead atoms. The van der Waals surface area contributed by atoms with Gasteiger partial charge in [0.1, 0.15) is 5.82 Å². The Morgan fingerprint density at radius 2 is 1.88 bits per heavy atom. The molecule has 7 heteroatoms. The van der Waals surface area contributed by atoms with E-state index in [9.17, 15) is 4.39 Å². The van der Waals surface area contributed by atoms with Gasteiger partial charge in [-0.15, -0.1) is 5.10 Å². The van der Waals surface area contributed by atoms with Crippen LogP contribution in [-0.4, -0.2) is 30.7 Å². The fraction of sp³-hybridized carbons (Fsp3) is 0.333. The summed E-state index contributed by atoms with van der Waals surface area (Å²) in [6.07, 6.45) is 0.761. The molecule has 0 saturated carbocycles. The summed E-state index contributed by atoms with van der Waals surface area (Å²) in [5.74, 6) is 1.16. The molecule has 0 amide bonds. The molecule has 0 aliphatic heterocycles. The Labute approximate surface area is 146 Å². The predicted molar refractivity (Wildman–Crippen MR) is 92.7 cm³/mol. The summed E-state index contributed by atoms with van der Waals surface area (Å²) in [6.45, 7) is 6.61. The van der Waals surface area contributed by atoms with Crippen molar-refractivity contribution in [3.63, 3.8) is 0 Å². The van der Waals surface area contributed by atoms with E-state index >= 15 is 0 Å². The van der Waals surface area contributed by atoms with Gasteiger partial charge >= 0.3 is 0 Å². The summed E-state index contributed by atoms with van der Waals surface area (Å²) in [5.41, 5.74) is 1.77. The van der Waals surface area contributed by atoms with Crippen molar-refractivity contribution in [2.24, 2.45) is 0 Å². The number of rotatable bonds is 6. The van der Waals surface area contributed by atoms with Gasteiger partial charge in [0.05, 0.1) is 6.54 Å². The first-order valence-corrected chi connectivity index (χ1v) is 8.14. The minimum Gasteiger partial charge on any atom is -0.304 e. The van der Waals surface area contributed by atoms with Gasteiger partial charge in [0, 0.05) is 11.2 Å². The Morgan fingerprint density at radius 1 is 1.12 bits per heavy atom.